The van der Waals surface area contributed by atoms with Crippen LogP contribution in [-0.4, -0.2) is 28.0 Å². The second-order valence-electron chi connectivity index (χ2n) is 3.99. The first-order valence-corrected chi connectivity index (χ1v) is 5.76. The number of halogens is 1. The highest BCUT2D eigenvalue weighted by molar-refractivity contribution is 6.28. The van der Waals surface area contributed by atoms with Crippen LogP contribution in [0.25, 0.3) is 0 Å². The predicted molar refractivity (Wildman–Crippen MR) is 58.1 cm³/mol. The molecule has 0 bridgehead atoms. The predicted octanol–water partition coefficient (Wildman–Crippen LogP) is 2.23. The average molecular weight is 230 g/mol. The van der Waals surface area contributed by atoms with Crippen LogP contribution in [0.15, 0.2) is 0 Å². The molecule has 0 saturated heterocycles. The van der Waals surface area contributed by atoms with Gasteiger partial charge in [-0.25, -0.2) is 0 Å². The third-order valence-electron chi connectivity index (χ3n) is 2.97. The Labute approximate surface area is 94.6 Å². The van der Waals surface area contributed by atoms with E-state index in [-0.39, 0.29) is 0 Å². The van der Waals surface area contributed by atoms with Gasteiger partial charge in [-0.2, -0.15) is 0 Å². The molecule has 1 aliphatic rings. The first-order valence-electron chi connectivity index (χ1n) is 5.38. The molecule has 5 heteroatoms. The normalized spacial score (nSPS) is 25.3. The Kier molecular flexibility index (Phi) is 3.26. The molecule has 1 saturated carbocycles. The van der Waals surface area contributed by atoms with Crippen molar-refractivity contribution in [1.82, 2.24) is 14.8 Å². The van der Waals surface area contributed by atoms with Gasteiger partial charge in [0.1, 0.15) is 5.82 Å². The van der Waals surface area contributed by atoms with Crippen LogP contribution in [0.5, 0.6) is 0 Å². The third kappa shape index (κ3) is 2.01. The number of rotatable bonds is 4. The summed E-state index contributed by atoms with van der Waals surface area (Å²) < 4.78 is 7.31. The molecule has 0 radical (unpaired) electrons. The zero-order chi connectivity index (χ0) is 10.8. The molecule has 0 N–H and O–H groups in total. The highest BCUT2D eigenvalue weighted by Crippen LogP contribution is 2.36. The molecule has 84 valence electrons. The summed E-state index contributed by atoms with van der Waals surface area (Å²) in [6.45, 7) is 2.13. The van der Waals surface area contributed by atoms with E-state index in [1.54, 1.807) is 7.11 Å². The van der Waals surface area contributed by atoms with E-state index in [1.807, 2.05) is 0 Å². The van der Waals surface area contributed by atoms with Gasteiger partial charge in [0.2, 0.25) is 5.28 Å². The van der Waals surface area contributed by atoms with E-state index >= 15 is 0 Å². The van der Waals surface area contributed by atoms with Crippen molar-refractivity contribution in [2.75, 3.05) is 7.11 Å². The summed E-state index contributed by atoms with van der Waals surface area (Å²) in [4.78, 5) is 0. The Balaban J connectivity index is 2.10. The van der Waals surface area contributed by atoms with Gasteiger partial charge in [0.25, 0.3) is 0 Å². The van der Waals surface area contributed by atoms with Crippen LogP contribution in [0.4, 0.5) is 0 Å². The van der Waals surface area contributed by atoms with Crippen LogP contribution in [0.2, 0.25) is 5.28 Å². The van der Waals surface area contributed by atoms with Crippen molar-refractivity contribution in [2.45, 2.75) is 44.8 Å². The molecule has 0 aromatic carbocycles. The topological polar surface area (TPSA) is 39.9 Å². The number of methoxy groups -OCH3 is 1. The van der Waals surface area contributed by atoms with Gasteiger partial charge in [-0.3, -0.25) is 4.57 Å². The summed E-state index contributed by atoms with van der Waals surface area (Å²) >= 11 is 6.03. The third-order valence-corrected chi connectivity index (χ3v) is 3.22. The molecule has 2 rings (SSSR count). The highest BCUT2D eigenvalue weighted by Gasteiger charge is 2.33. The summed E-state index contributed by atoms with van der Waals surface area (Å²) in [5.74, 6) is 1.00. The van der Waals surface area contributed by atoms with E-state index in [2.05, 4.69) is 21.7 Å². The Morgan fingerprint density at radius 2 is 2.20 bits per heavy atom. The molecular formula is C10H16ClN3O. The Bertz CT molecular complexity index is 333. The molecule has 0 aliphatic heterocycles. The SMILES string of the molecule is CCCc1nnc(Cl)n1C1CC(OC)C1. The molecule has 15 heavy (non-hydrogen) atoms. The van der Waals surface area contributed by atoms with Gasteiger partial charge in [-0.05, 0) is 30.9 Å². The molecule has 0 amide bonds. The smallest absolute Gasteiger partial charge is 0.225 e. The van der Waals surface area contributed by atoms with E-state index in [0.717, 1.165) is 31.5 Å². The second-order valence-corrected chi connectivity index (χ2v) is 4.33. The lowest BCUT2D eigenvalue weighted by molar-refractivity contribution is 0.00538. The maximum absolute atomic E-state index is 6.03. The number of aromatic nitrogens is 3. The number of hydrogen-bond acceptors (Lipinski definition) is 3. The van der Waals surface area contributed by atoms with Crippen LogP contribution in [0.1, 0.15) is 38.1 Å². The van der Waals surface area contributed by atoms with Crippen LogP contribution in [0, 0.1) is 0 Å². The molecule has 1 aromatic rings. The summed E-state index contributed by atoms with van der Waals surface area (Å²) in [5.41, 5.74) is 0. The van der Waals surface area contributed by atoms with E-state index in [4.69, 9.17) is 16.3 Å². The fraction of sp³-hybridized carbons (Fsp3) is 0.800. The monoisotopic (exact) mass is 229 g/mol. The standard InChI is InChI=1S/C10H16ClN3O/c1-3-4-9-12-13-10(11)14(9)7-5-8(6-7)15-2/h7-8H,3-6H2,1-2H3. The highest BCUT2D eigenvalue weighted by atomic mass is 35.5. The zero-order valence-corrected chi connectivity index (χ0v) is 9.87. The van der Waals surface area contributed by atoms with Crippen molar-refractivity contribution in [2.24, 2.45) is 0 Å². The maximum Gasteiger partial charge on any atom is 0.225 e. The molecular weight excluding hydrogens is 214 g/mol. The van der Waals surface area contributed by atoms with Gasteiger partial charge < -0.3 is 4.74 Å². The first-order chi connectivity index (χ1) is 7.26. The quantitative estimate of drug-likeness (QED) is 0.795. The second kappa shape index (κ2) is 4.49. The first kappa shape index (κ1) is 10.9. The lowest BCUT2D eigenvalue weighted by Gasteiger charge is -2.35. The van der Waals surface area contributed by atoms with Crippen molar-refractivity contribution < 1.29 is 4.74 Å². The minimum Gasteiger partial charge on any atom is -0.381 e. The minimum atomic E-state index is 0.378. The zero-order valence-electron chi connectivity index (χ0n) is 9.11. The van der Waals surface area contributed by atoms with Crippen molar-refractivity contribution in [3.63, 3.8) is 0 Å². The maximum atomic E-state index is 6.03. The Morgan fingerprint density at radius 1 is 1.47 bits per heavy atom. The van der Waals surface area contributed by atoms with Crippen molar-refractivity contribution >= 4 is 11.6 Å². The lowest BCUT2D eigenvalue weighted by atomic mass is 9.89. The summed E-state index contributed by atoms with van der Waals surface area (Å²) in [6, 6.07) is 0.430. The molecule has 0 spiro atoms. The molecule has 1 aromatic heterocycles. The van der Waals surface area contributed by atoms with E-state index in [9.17, 15) is 0 Å². The van der Waals surface area contributed by atoms with Gasteiger partial charge in [-0.15, -0.1) is 10.2 Å². The van der Waals surface area contributed by atoms with Crippen LogP contribution in [-0.2, 0) is 11.2 Å². The van der Waals surface area contributed by atoms with E-state index < -0.39 is 0 Å². The van der Waals surface area contributed by atoms with Gasteiger partial charge in [0, 0.05) is 19.6 Å². The fourth-order valence-electron chi connectivity index (χ4n) is 2.00. The molecule has 0 atom stereocenters. The Hall–Kier alpha value is -0.610. The summed E-state index contributed by atoms with van der Waals surface area (Å²) in [5, 5.41) is 8.54. The van der Waals surface area contributed by atoms with Crippen LogP contribution < -0.4 is 0 Å². The summed E-state index contributed by atoms with van der Waals surface area (Å²) in [7, 11) is 1.75. The van der Waals surface area contributed by atoms with E-state index in [1.165, 1.54) is 0 Å². The van der Waals surface area contributed by atoms with Gasteiger partial charge in [0.05, 0.1) is 6.10 Å². The average Bonchev–Trinajstić information content (AvgIpc) is 2.49. The number of hydrogen-bond donors (Lipinski definition) is 0. The molecule has 0 unspecified atom stereocenters. The van der Waals surface area contributed by atoms with Crippen molar-refractivity contribution in [3.05, 3.63) is 11.1 Å². The minimum absolute atomic E-state index is 0.378. The van der Waals surface area contributed by atoms with E-state index in [0.29, 0.717) is 17.4 Å². The number of nitrogens with zero attached hydrogens (tertiary/aromatic N) is 3. The van der Waals surface area contributed by atoms with Crippen LogP contribution >= 0.6 is 11.6 Å². The van der Waals surface area contributed by atoms with Crippen molar-refractivity contribution in [1.29, 1.82) is 0 Å². The molecule has 1 fully saturated rings. The largest absolute Gasteiger partial charge is 0.381 e. The van der Waals surface area contributed by atoms with Crippen molar-refractivity contribution in [3.8, 4) is 0 Å². The summed E-state index contributed by atoms with van der Waals surface area (Å²) in [6.07, 6.45) is 4.42. The number of aryl methyl sites for hydroxylation is 1. The van der Waals surface area contributed by atoms with Gasteiger partial charge in [-0.1, -0.05) is 6.92 Å². The lowest BCUT2D eigenvalue weighted by Crippen LogP contribution is -2.33. The van der Waals surface area contributed by atoms with Gasteiger partial charge in [0.15, 0.2) is 0 Å². The van der Waals surface area contributed by atoms with Crippen LogP contribution in [0.3, 0.4) is 0 Å². The Morgan fingerprint density at radius 3 is 2.80 bits per heavy atom. The molecule has 1 aliphatic carbocycles. The number of ether oxygens (including phenoxy) is 1. The fourth-order valence-corrected chi connectivity index (χ4v) is 2.27. The molecule has 1 heterocycles. The molecule has 4 nitrogen and oxygen atoms in total. The van der Waals surface area contributed by atoms with Gasteiger partial charge >= 0.3 is 0 Å².